The number of nitrogens with one attached hydrogen (secondary N) is 1. The van der Waals surface area contributed by atoms with Crippen LogP contribution in [0.25, 0.3) is 0 Å². The van der Waals surface area contributed by atoms with E-state index in [1.165, 1.54) is 0 Å². The van der Waals surface area contributed by atoms with Gasteiger partial charge in [-0.15, -0.1) is 0 Å². The second-order valence-electron chi connectivity index (χ2n) is 3.82. The molecule has 0 aromatic heterocycles. The summed E-state index contributed by atoms with van der Waals surface area (Å²) in [5, 5.41) is 3.13. The molecule has 0 aliphatic carbocycles. The zero-order valence-electron chi connectivity index (χ0n) is 9.23. The summed E-state index contributed by atoms with van der Waals surface area (Å²) in [6.07, 6.45) is 5.13. The Balaban J connectivity index is 1.82. The van der Waals surface area contributed by atoms with Gasteiger partial charge in [0.2, 0.25) is 5.91 Å². The lowest BCUT2D eigenvalue weighted by atomic mass is 10.2. The highest BCUT2D eigenvalue weighted by Gasteiger charge is 2.12. The molecule has 1 aliphatic heterocycles. The minimum atomic E-state index is 0.160. The van der Waals surface area contributed by atoms with E-state index in [1.807, 2.05) is 41.3 Å². The van der Waals surface area contributed by atoms with E-state index in [-0.39, 0.29) is 5.91 Å². The summed E-state index contributed by atoms with van der Waals surface area (Å²) in [4.78, 5) is 13.7. The van der Waals surface area contributed by atoms with E-state index in [0.717, 1.165) is 25.2 Å². The Morgan fingerprint density at radius 2 is 2.06 bits per heavy atom. The fourth-order valence-electron chi connectivity index (χ4n) is 1.71. The molecular formula is C13H16N2O. The summed E-state index contributed by atoms with van der Waals surface area (Å²) in [7, 11) is 0. The van der Waals surface area contributed by atoms with Crippen LogP contribution in [0.15, 0.2) is 42.5 Å². The van der Waals surface area contributed by atoms with Gasteiger partial charge in [-0.2, -0.15) is 0 Å². The summed E-state index contributed by atoms with van der Waals surface area (Å²) in [6.45, 7) is 1.96. The van der Waals surface area contributed by atoms with E-state index in [9.17, 15) is 4.79 Å². The van der Waals surface area contributed by atoms with Crippen LogP contribution in [0.3, 0.4) is 0 Å². The average Bonchev–Trinajstić information content (AvgIpc) is 2.38. The van der Waals surface area contributed by atoms with E-state index in [4.69, 9.17) is 0 Å². The maximum absolute atomic E-state index is 11.8. The van der Waals surface area contributed by atoms with E-state index in [0.29, 0.717) is 6.54 Å². The number of benzene rings is 1. The van der Waals surface area contributed by atoms with Crippen molar-refractivity contribution in [2.24, 2.45) is 0 Å². The SMILES string of the molecule is O=C(CNc1ccccc1)N1CC=CCC1. The molecular weight excluding hydrogens is 200 g/mol. The first-order chi connectivity index (χ1) is 7.86. The smallest absolute Gasteiger partial charge is 0.242 e. The molecule has 1 aliphatic rings. The Hall–Kier alpha value is -1.77. The van der Waals surface area contributed by atoms with Crippen molar-refractivity contribution >= 4 is 11.6 Å². The van der Waals surface area contributed by atoms with Crippen LogP contribution in [0.1, 0.15) is 6.42 Å². The summed E-state index contributed by atoms with van der Waals surface area (Å²) < 4.78 is 0. The monoisotopic (exact) mass is 216 g/mol. The van der Waals surface area contributed by atoms with Crippen molar-refractivity contribution in [2.75, 3.05) is 25.0 Å². The Labute approximate surface area is 95.8 Å². The number of amides is 1. The lowest BCUT2D eigenvalue weighted by Crippen LogP contribution is -2.37. The number of rotatable bonds is 3. The summed E-state index contributed by atoms with van der Waals surface area (Å²) in [6, 6.07) is 9.79. The van der Waals surface area contributed by atoms with Gasteiger partial charge in [0.05, 0.1) is 6.54 Å². The lowest BCUT2D eigenvalue weighted by Gasteiger charge is -2.23. The molecule has 3 nitrogen and oxygen atoms in total. The topological polar surface area (TPSA) is 32.3 Å². The number of nitrogens with zero attached hydrogens (tertiary/aromatic N) is 1. The molecule has 3 heteroatoms. The van der Waals surface area contributed by atoms with Crippen LogP contribution < -0.4 is 5.32 Å². The number of para-hydroxylation sites is 1. The Kier molecular flexibility index (Phi) is 3.59. The van der Waals surface area contributed by atoms with Gasteiger partial charge in [-0.1, -0.05) is 30.4 Å². The predicted octanol–water partition coefficient (Wildman–Crippen LogP) is 1.89. The third-order valence-electron chi connectivity index (χ3n) is 2.63. The minimum Gasteiger partial charge on any atom is -0.376 e. The van der Waals surface area contributed by atoms with Crippen LogP contribution in [0, 0.1) is 0 Å². The zero-order valence-corrected chi connectivity index (χ0v) is 9.23. The standard InChI is InChI=1S/C13H16N2O/c16-13(15-9-5-2-6-10-15)11-14-12-7-3-1-4-8-12/h1-5,7-8,14H,6,9-11H2. The zero-order chi connectivity index (χ0) is 11.2. The van der Waals surface area contributed by atoms with Gasteiger partial charge in [-0.25, -0.2) is 0 Å². The second-order valence-corrected chi connectivity index (χ2v) is 3.82. The lowest BCUT2D eigenvalue weighted by molar-refractivity contribution is -0.128. The van der Waals surface area contributed by atoms with E-state index < -0.39 is 0 Å². The van der Waals surface area contributed by atoms with Crippen LogP contribution in [0.4, 0.5) is 5.69 Å². The predicted molar refractivity (Wildman–Crippen MR) is 65.3 cm³/mol. The molecule has 2 rings (SSSR count). The van der Waals surface area contributed by atoms with Crippen LogP contribution >= 0.6 is 0 Å². The van der Waals surface area contributed by atoms with Crippen molar-refractivity contribution in [1.82, 2.24) is 4.90 Å². The molecule has 0 spiro atoms. The number of carbonyl (C=O) groups is 1. The van der Waals surface area contributed by atoms with Gasteiger partial charge in [-0.3, -0.25) is 4.79 Å². The number of carbonyl (C=O) groups excluding carboxylic acids is 1. The average molecular weight is 216 g/mol. The third-order valence-corrected chi connectivity index (χ3v) is 2.63. The molecule has 0 unspecified atom stereocenters. The first kappa shape index (κ1) is 10.7. The van der Waals surface area contributed by atoms with Crippen LogP contribution in [-0.4, -0.2) is 30.4 Å². The third kappa shape index (κ3) is 2.86. The highest BCUT2D eigenvalue weighted by Crippen LogP contribution is 2.06. The molecule has 1 aromatic rings. The van der Waals surface area contributed by atoms with Crippen LogP contribution in [0.2, 0.25) is 0 Å². The molecule has 0 radical (unpaired) electrons. The Bertz CT molecular complexity index is 373. The minimum absolute atomic E-state index is 0.160. The van der Waals surface area contributed by atoms with Crippen molar-refractivity contribution < 1.29 is 4.79 Å². The van der Waals surface area contributed by atoms with Gasteiger partial charge in [0, 0.05) is 18.8 Å². The fourth-order valence-corrected chi connectivity index (χ4v) is 1.71. The maximum atomic E-state index is 11.8. The van der Waals surface area contributed by atoms with Gasteiger partial charge < -0.3 is 10.2 Å². The van der Waals surface area contributed by atoms with E-state index >= 15 is 0 Å². The normalized spacial score (nSPS) is 14.9. The van der Waals surface area contributed by atoms with E-state index in [2.05, 4.69) is 11.4 Å². The van der Waals surface area contributed by atoms with Gasteiger partial charge in [0.1, 0.15) is 0 Å². The Morgan fingerprint density at radius 3 is 2.75 bits per heavy atom. The Morgan fingerprint density at radius 1 is 1.25 bits per heavy atom. The highest BCUT2D eigenvalue weighted by atomic mass is 16.2. The number of hydrogen-bond acceptors (Lipinski definition) is 2. The summed E-state index contributed by atoms with van der Waals surface area (Å²) >= 11 is 0. The molecule has 1 amide bonds. The first-order valence-electron chi connectivity index (χ1n) is 5.58. The molecule has 1 heterocycles. The van der Waals surface area contributed by atoms with Crippen molar-refractivity contribution in [1.29, 1.82) is 0 Å². The molecule has 0 saturated heterocycles. The molecule has 16 heavy (non-hydrogen) atoms. The number of hydrogen-bond donors (Lipinski definition) is 1. The van der Waals surface area contributed by atoms with Gasteiger partial charge in [0.15, 0.2) is 0 Å². The van der Waals surface area contributed by atoms with Crippen molar-refractivity contribution in [3.8, 4) is 0 Å². The van der Waals surface area contributed by atoms with Gasteiger partial charge in [-0.05, 0) is 18.6 Å². The molecule has 0 fully saturated rings. The molecule has 0 saturated carbocycles. The van der Waals surface area contributed by atoms with Gasteiger partial charge in [0.25, 0.3) is 0 Å². The number of anilines is 1. The van der Waals surface area contributed by atoms with Crippen LogP contribution in [-0.2, 0) is 4.79 Å². The molecule has 0 atom stereocenters. The summed E-state index contributed by atoms with van der Waals surface area (Å²) in [5.74, 6) is 0.160. The molecule has 84 valence electrons. The molecule has 1 aromatic carbocycles. The quantitative estimate of drug-likeness (QED) is 0.782. The van der Waals surface area contributed by atoms with Crippen molar-refractivity contribution in [2.45, 2.75) is 6.42 Å². The maximum Gasteiger partial charge on any atom is 0.242 e. The second kappa shape index (κ2) is 5.35. The van der Waals surface area contributed by atoms with Crippen molar-refractivity contribution in [3.63, 3.8) is 0 Å². The highest BCUT2D eigenvalue weighted by molar-refractivity contribution is 5.81. The molecule has 0 bridgehead atoms. The fraction of sp³-hybridized carbons (Fsp3) is 0.308. The largest absolute Gasteiger partial charge is 0.376 e. The van der Waals surface area contributed by atoms with Crippen LogP contribution in [0.5, 0.6) is 0 Å². The van der Waals surface area contributed by atoms with Gasteiger partial charge >= 0.3 is 0 Å². The van der Waals surface area contributed by atoms with Crippen molar-refractivity contribution in [3.05, 3.63) is 42.5 Å². The van der Waals surface area contributed by atoms with E-state index in [1.54, 1.807) is 0 Å². The molecule has 1 N–H and O–H groups in total. The summed E-state index contributed by atoms with van der Waals surface area (Å²) in [5.41, 5.74) is 0.989. The first-order valence-corrected chi connectivity index (χ1v) is 5.58.